The Kier molecular flexibility index (Phi) is 6.17. The van der Waals surface area contributed by atoms with Crippen molar-refractivity contribution in [1.29, 1.82) is 0 Å². The lowest BCUT2D eigenvalue weighted by atomic mass is 10.1. The summed E-state index contributed by atoms with van der Waals surface area (Å²) in [5, 5.41) is 13.8. The van der Waals surface area contributed by atoms with Crippen LogP contribution in [0.25, 0.3) is 0 Å². The van der Waals surface area contributed by atoms with E-state index in [1.165, 1.54) is 24.3 Å². The van der Waals surface area contributed by atoms with Crippen molar-refractivity contribution >= 4 is 23.3 Å². The Balaban J connectivity index is 1.89. The van der Waals surface area contributed by atoms with Gasteiger partial charge in [-0.15, -0.1) is 0 Å². The van der Waals surface area contributed by atoms with Gasteiger partial charge in [0, 0.05) is 11.6 Å². The smallest absolute Gasteiger partial charge is 0.339 e. The minimum absolute atomic E-state index is 0.0191. The molecular formula is C22H17FN2O5. The highest BCUT2D eigenvalue weighted by molar-refractivity contribution is 5.99. The first kappa shape index (κ1) is 20.7. The molecule has 1 amide bonds. The molecule has 3 aromatic carbocycles. The van der Waals surface area contributed by atoms with E-state index in [0.29, 0.717) is 11.1 Å². The van der Waals surface area contributed by atoms with Crippen molar-refractivity contribution in [3.63, 3.8) is 0 Å². The lowest BCUT2D eigenvalue weighted by molar-refractivity contribution is -0.384. The Morgan fingerprint density at radius 2 is 1.70 bits per heavy atom. The molecule has 0 aliphatic heterocycles. The molecule has 0 radical (unpaired) electrons. The summed E-state index contributed by atoms with van der Waals surface area (Å²) >= 11 is 0. The highest BCUT2D eigenvalue weighted by atomic mass is 19.1. The molecule has 1 atom stereocenters. The number of carbonyl (C=O) groups is 2. The van der Waals surface area contributed by atoms with Gasteiger partial charge in [0.25, 0.3) is 11.6 Å². The number of aryl methyl sites for hydroxylation is 1. The van der Waals surface area contributed by atoms with Gasteiger partial charge in [0.1, 0.15) is 11.5 Å². The summed E-state index contributed by atoms with van der Waals surface area (Å²) in [6.45, 7) is 1.69. The van der Waals surface area contributed by atoms with Crippen LogP contribution in [-0.2, 0) is 9.53 Å². The molecule has 0 heterocycles. The number of amides is 1. The molecule has 0 aromatic heterocycles. The number of nitrogens with zero attached hydrogens (tertiary/aromatic N) is 1. The van der Waals surface area contributed by atoms with Crippen LogP contribution in [0.4, 0.5) is 15.8 Å². The van der Waals surface area contributed by atoms with Crippen molar-refractivity contribution in [2.45, 2.75) is 13.0 Å². The molecule has 3 aromatic rings. The predicted molar refractivity (Wildman–Crippen MR) is 107 cm³/mol. The van der Waals surface area contributed by atoms with Gasteiger partial charge in [0.15, 0.2) is 0 Å². The van der Waals surface area contributed by atoms with E-state index in [1.54, 1.807) is 43.3 Å². The summed E-state index contributed by atoms with van der Waals surface area (Å²) in [6, 6.07) is 17.3. The van der Waals surface area contributed by atoms with Crippen LogP contribution in [0.2, 0.25) is 0 Å². The van der Waals surface area contributed by atoms with Gasteiger partial charge < -0.3 is 10.1 Å². The van der Waals surface area contributed by atoms with Crippen molar-refractivity contribution in [2.75, 3.05) is 5.32 Å². The number of anilines is 1. The number of esters is 1. The first-order chi connectivity index (χ1) is 14.3. The lowest BCUT2D eigenvalue weighted by Gasteiger charge is -2.18. The number of benzene rings is 3. The lowest BCUT2D eigenvalue weighted by Crippen LogP contribution is -2.26. The van der Waals surface area contributed by atoms with Crippen LogP contribution in [0.1, 0.15) is 27.6 Å². The maximum atomic E-state index is 13.1. The van der Waals surface area contributed by atoms with Gasteiger partial charge >= 0.3 is 5.97 Å². The fraction of sp³-hybridized carbons (Fsp3) is 0.0909. The van der Waals surface area contributed by atoms with Gasteiger partial charge in [-0.1, -0.05) is 36.4 Å². The van der Waals surface area contributed by atoms with E-state index >= 15 is 0 Å². The molecule has 0 saturated carbocycles. The monoisotopic (exact) mass is 408 g/mol. The van der Waals surface area contributed by atoms with Crippen molar-refractivity contribution in [2.24, 2.45) is 0 Å². The summed E-state index contributed by atoms with van der Waals surface area (Å²) < 4.78 is 18.5. The van der Waals surface area contributed by atoms with Gasteiger partial charge in [-0.3, -0.25) is 14.9 Å². The van der Waals surface area contributed by atoms with Crippen LogP contribution in [-0.4, -0.2) is 16.8 Å². The van der Waals surface area contributed by atoms with Gasteiger partial charge in [-0.05, 0) is 42.8 Å². The second kappa shape index (κ2) is 8.95. The zero-order valence-corrected chi connectivity index (χ0v) is 15.9. The highest BCUT2D eigenvalue weighted by Crippen LogP contribution is 2.28. The SMILES string of the molecule is Cc1ccc(NC(=O)C(OC(=O)c2ccc(F)cc2)c2ccccc2)c([N+](=O)[O-])c1. The van der Waals surface area contributed by atoms with Gasteiger partial charge in [0.05, 0.1) is 10.5 Å². The number of carbonyl (C=O) groups excluding carboxylic acids is 2. The number of rotatable bonds is 6. The third-order valence-electron chi connectivity index (χ3n) is 4.25. The Morgan fingerprint density at radius 1 is 1.03 bits per heavy atom. The van der Waals surface area contributed by atoms with E-state index in [9.17, 15) is 24.1 Å². The second-order valence-electron chi connectivity index (χ2n) is 6.47. The standard InChI is InChI=1S/C22H17FN2O5/c1-14-7-12-18(19(13-14)25(28)29)24-21(26)20(15-5-3-2-4-6-15)30-22(27)16-8-10-17(23)11-9-16/h2-13,20H,1H3,(H,24,26). The Hall–Kier alpha value is -4.07. The molecule has 0 saturated heterocycles. The van der Waals surface area contributed by atoms with Crippen LogP contribution in [0, 0.1) is 22.9 Å². The van der Waals surface area contributed by atoms with Crippen molar-refractivity contribution in [3.8, 4) is 0 Å². The van der Waals surface area contributed by atoms with Crippen LogP contribution >= 0.6 is 0 Å². The van der Waals surface area contributed by atoms with E-state index in [-0.39, 0.29) is 16.9 Å². The molecule has 0 aliphatic rings. The molecule has 0 bridgehead atoms. The normalized spacial score (nSPS) is 11.4. The highest BCUT2D eigenvalue weighted by Gasteiger charge is 2.27. The average molecular weight is 408 g/mol. The summed E-state index contributed by atoms with van der Waals surface area (Å²) in [6.07, 6.45) is -1.37. The molecular weight excluding hydrogens is 391 g/mol. The molecule has 152 valence electrons. The second-order valence-corrected chi connectivity index (χ2v) is 6.47. The maximum absolute atomic E-state index is 13.1. The summed E-state index contributed by atoms with van der Waals surface area (Å²) in [4.78, 5) is 36.1. The van der Waals surface area contributed by atoms with E-state index in [0.717, 1.165) is 12.1 Å². The number of hydrogen-bond donors (Lipinski definition) is 1. The molecule has 30 heavy (non-hydrogen) atoms. The molecule has 3 rings (SSSR count). The van der Waals surface area contributed by atoms with Crippen LogP contribution < -0.4 is 5.32 Å². The molecule has 8 heteroatoms. The Labute approximate surface area is 171 Å². The molecule has 1 unspecified atom stereocenters. The van der Waals surface area contributed by atoms with Crippen LogP contribution in [0.5, 0.6) is 0 Å². The van der Waals surface area contributed by atoms with Gasteiger partial charge in [-0.25, -0.2) is 9.18 Å². The number of ether oxygens (including phenoxy) is 1. The third kappa shape index (κ3) is 4.85. The molecule has 0 aliphatic carbocycles. The first-order valence-electron chi connectivity index (χ1n) is 8.92. The topological polar surface area (TPSA) is 98.5 Å². The minimum atomic E-state index is -1.37. The van der Waals surface area contributed by atoms with Crippen LogP contribution in [0.3, 0.4) is 0 Å². The Bertz CT molecular complexity index is 1080. The number of halogens is 1. The third-order valence-corrected chi connectivity index (χ3v) is 4.25. The number of nitro benzene ring substituents is 1. The number of hydrogen-bond acceptors (Lipinski definition) is 5. The summed E-state index contributed by atoms with van der Waals surface area (Å²) in [5.41, 5.74) is 0.795. The number of nitrogens with one attached hydrogen (secondary N) is 1. The van der Waals surface area contributed by atoms with E-state index in [2.05, 4.69) is 5.32 Å². The van der Waals surface area contributed by atoms with E-state index in [1.807, 2.05) is 0 Å². The Morgan fingerprint density at radius 3 is 2.33 bits per heavy atom. The zero-order chi connectivity index (χ0) is 21.7. The molecule has 0 spiro atoms. The largest absolute Gasteiger partial charge is 0.444 e. The molecule has 0 fully saturated rings. The quantitative estimate of drug-likeness (QED) is 0.366. The van der Waals surface area contributed by atoms with Crippen LogP contribution in [0.15, 0.2) is 72.8 Å². The molecule has 7 nitrogen and oxygen atoms in total. The zero-order valence-electron chi connectivity index (χ0n) is 15.9. The van der Waals surface area contributed by atoms with Gasteiger partial charge in [0.2, 0.25) is 6.10 Å². The molecule has 1 N–H and O–H groups in total. The van der Waals surface area contributed by atoms with Crippen molar-refractivity contribution in [3.05, 3.63) is 105 Å². The predicted octanol–water partition coefficient (Wildman–Crippen LogP) is 4.58. The fourth-order valence-electron chi connectivity index (χ4n) is 2.76. The van der Waals surface area contributed by atoms with E-state index in [4.69, 9.17) is 4.74 Å². The first-order valence-corrected chi connectivity index (χ1v) is 8.92. The van der Waals surface area contributed by atoms with Crippen molar-refractivity contribution < 1.29 is 23.6 Å². The summed E-state index contributed by atoms with van der Waals surface area (Å²) in [5.74, 6) is -2.11. The van der Waals surface area contributed by atoms with Gasteiger partial charge in [-0.2, -0.15) is 0 Å². The fourth-order valence-corrected chi connectivity index (χ4v) is 2.76. The minimum Gasteiger partial charge on any atom is -0.444 e. The number of nitro groups is 1. The van der Waals surface area contributed by atoms with Crippen molar-refractivity contribution in [1.82, 2.24) is 0 Å². The summed E-state index contributed by atoms with van der Waals surface area (Å²) in [7, 11) is 0. The average Bonchev–Trinajstić information content (AvgIpc) is 2.74. The maximum Gasteiger partial charge on any atom is 0.339 e. The van der Waals surface area contributed by atoms with E-state index < -0.39 is 28.7 Å².